The van der Waals surface area contributed by atoms with Crippen molar-refractivity contribution in [3.63, 3.8) is 0 Å². The molecule has 2 aromatic rings. The molecule has 1 aromatic carbocycles. The Labute approximate surface area is 204 Å². The summed E-state index contributed by atoms with van der Waals surface area (Å²) in [6.45, 7) is 3.43. The number of halogens is 1. The number of carboxylic acids is 1. The van der Waals surface area contributed by atoms with E-state index in [0.29, 0.717) is 28.5 Å². The summed E-state index contributed by atoms with van der Waals surface area (Å²) >= 11 is 12.4. The van der Waals surface area contributed by atoms with Gasteiger partial charge in [-0.1, -0.05) is 53.8 Å². The molecule has 2 heterocycles. The van der Waals surface area contributed by atoms with Crippen molar-refractivity contribution >= 4 is 63.7 Å². The molecule has 1 aliphatic heterocycles. The van der Waals surface area contributed by atoms with Crippen LogP contribution >= 0.6 is 35.6 Å². The van der Waals surface area contributed by atoms with E-state index >= 15 is 0 Å². The van der Waals surface area contributed by atoms with Gasteiger partial charge in [-0.05, 0) is 37.1 Å². The Bertz CT molecular complexity index is 1300. The number of aromatic nitrogens is 1. The zero-order chi connectivity index (χ0) is 24.3. The third-order valence-electron chi connectivity index (χ3n) is 5.04. The quantitative estimate of drug-likeness (QED) is 0.436. The fraction of sp³-hybridized carbons (Fsp3) is 0.227. The first-order chi connectivity index (χ1) is 15.7. The number of hydrogen-bond donors (Lipinski definition) is 2. The van der Waals surface area contributed by atoms with E-state index in [4.69, 9.17) is 28.9 Å². The predicted octanol–water partition coefficient (Wildman–Crippen LogP) is 3.60. The average Bonchev–Trinajstić information content (AvgIpc) is 3.02. The lowest BCUT2D eigenvalue weighted by molar-refractivity contribution is -0.140. The number of carboxylic acid groups (broad SMARTS) is 1. The molecule has 0 atom stereocenters. The molecule has 0 radical (unpaired) electrons. The second kappa shape index (κ2) is 10.2. The number of hydrogen-bond acceptors (Lipinski definition) is 7. The SMILES string of the molecule is CCn1c(NCc2ccccc2Cl)c(/C=C2/SC(=S)N(CC(=O)O)C2=O)c(C)c(C#N)c1=O. The smallest absolute Gasteiger partial charge is 0.323 e. The van der Waals surface area contributed by atoms with Crippen molar-refractivity contribution in [3.8, 4) is 6.07 Å². The van der Waals surface area contributed by atoms with Crippen LogP contribution in [0.1, 0.15) is 29.2 Å². The standard InChI is InChI=1S/C22H19ClN4O4S2/c1-3-26-19(25-10-13-6-4-5-7-16(13)23)14(12(2)15(9-24)20(26)30)8-17-21(31)27(11-18(28)29)22(32)33-17/h4-8,25H,3,10-11H2,1-2H3,(H,28,29)/b17-8+. The van der Waals surface area contributed by atoms with Gasteiger partial charge in [0.15, 0.2) is 0 Å². The summed E-state index contributed by atoms with van der Waals surface area (Å²) < 4.78 is 1.55. The minimum absolute atomic E-state index is 0.0348. The van der Waals surface area contributed by atoms with Gasteiger partial charge in [0.2, 0.25) is 0 Å². The molecular weight excluding hydrogens is 484 g/mol. The first kappa shape index (κ1) is 24.5. The van der Waals surface area contributed by atoms with Crippen LogP contribution in [0, 0.1) is 18.3 Å². The number of amides is 1. The molecule has 1 aliphatic rings. The van der Waals surface area contributed by atoms with Crippen LogP contribution < -0.4 is 10.9 Å². The van der Waals surface area contributed by atoms with Gasteiger partial charge in [0.05, 0.1) is 4.91 Å². The number of pyridine rings is 1. The van der Waals surface area contributed by atoms with Crippen LogP contribution in [0.3, 0.4) is 0 Å². The van der Waals surface area contributed by atoms with Gasteiger partial charge in [0.1, 0.15) is 28.3 Å². The van der Waals surface area contributed by atoms with Crippen molar-refractivity contribution in [3.05, 3.63) is 66.8 Å². The number of carbonyl (C=O) groups excluding carboxylic acids is 1. The predicted molar refractivity (Wildman–Crippen MR) is 132 cm³/mol. The van der Waals surface area contributed by atoms with E-state index in [0.717, 1.165) is 22.2 Å². The molecule has 0 spiro atoms. The molecule has 2 N–H and O–H groups in total. The molecule has 0 saturated carbocycles. The minimum atomic E-state index is -1.18. The second-order valence-electron chi connectivity index (χ2n) is 7.03. The van der Waals surface area contributed by atoms with Gasteiger partial charge in [-0.15, -0.1) is 0 Å². The highest BCUT2D eigenvalue weighted by Crippen LogP contribution is 2.35. The Morgan fingerprint density at radius 2 is 2.06 bits per heavy atom. The van der Waals surface area contributed by atoms with Crippen molar-refractivity contribution in [1.29, 1.82) is 5.26 Å². The molecule has 1 fully saturated rings. The third kappa shape index (κ3) is 4.95. The van der Waals surface area contributed by atoms with Crippen molar-refractivity contribution in [1.82, 2.24) is 9.47 Å². The van der Waals surface area contributed by atoms with Crippen LogP contribution in [-0.4, -0.2) is 37.3 Å². The average molecular weight is 503 g/mol. The molecule has 0 aliphatic carbocycles. The number of carbonyl (C=O) groups is 2. The molecule has 1 aromatic heterocycles. The number of anilines is 1. The Hall–Kier alpha value is -3.13. The zero-order valence-corrected chi connectivity index (χ0v) is 20.1. The van der Waals surface area contributed by atoms with Crippen LogP contribution in [-0.2, 0) is 22.7 Å². The lowest BCUT2D eigenvalue weighted by atomic mass is 10.0. The van der Waals surface area contributed by atoms with Crippen LogP contribution in [0.2, 0.25) is 5.02 Å². The number of nitrogens with zero attached hydrogens (tertiary/aromatic N) is 3. The molecule has 3 rings (SSSR count). The van der Waals surface area contributed by atoms with E-state index in [-0.39, 0.29) is 21.3 Å². The molecule has 11 heteroatoms. The van der Waals surface area contributed by atoms with Gasteiger partial charge in [0, 0.05) is 23.7 Å². The van der Waals surface area contributed by atoms with Gasteiger partial charge in [-0.2, -0.15) is 5.26 Å². The van der Waals surface area contributed by atoms with E-state index in [9.17, 15) is 19.6 Å². The normalized spacial score (nSPS) is 14.6. The van der Waals surface area contributed by atoms with E-state index < -0.39 is 24.0 Å². The maximum Gasteiger partial charge on any atom is 0.323 e. The highest BCUT2D eigenvalue weighted by Gasteiger charge is 2.34. The Kier molecular flexibility index (Phi) is 7.58. The number of aliphatic carboxylic acids is 1. The van der Waals surface area contributed by atoms with Gasteiger partial charge in [-0.25, -0.2) is 0 Å². The highest BCUT2D eigenvalue weighted by atomic mass is 35.5. The first-order valence-corrected chi connectivity index (χ1v) is 11.4. The summed E-state index contributed by atoms with van der Waals surface area (Å²) in [4.78, 5) is 38.0. The van der Waals surface area contributed by atoms with E-state index in [2.05, 4.69) is 5.32 Å². The lowest BCUT2D eigenvalue weighted by Crippen LogP contribution is -2.33. The molecule has 8 nitrogen and oxygen atoms in total. The van der Waals surface area contributed by atoms with Crippen LogP contribution in [0.5, 0.6) is 0 Å². The van der Waals surface area contributed by atoms with Gasteiger partial charge in [0.25, 0.3) is 11.5 Å². The van der Waals surface area contributed by atoms with Gasteiger partial charge < -0.3 is 10.4 Å². The Morgan fingerprint density at radius 1 is 1.36 bits per heavy atom. The summed E-state index contributed by atoms with van der Waals surface area (Å²) in [5.74, 6) is -1.31. The molecule has 0 unspecified atom stereocenters. The number of thiocarbonyl (C=S) groups is 1. The van der Waals surface area contributed by atoms with E-state index in [1.54, 1.807) is 19.9 Å². The third-order valence-corrected chi connectivity index (χ3v) is 6.78. The summed E-state index contributed by atoms with van der Waals surface area (Å²) in [6.07, 6.45) is 1.54. The molecule has 0 bridgehead atoms. The van der Waals surface area contributed by atoms with Crippen molar-refractivity contribution < 1.29 is 14.7 Å². The van der Waals surface area contributed by atoms with E-state index in [1.165, 1.54) is 10.6 Å². The van der Waals surface area contributed by atoms with Crippen molar-refractivity contribution in [2.24, 2.45) is 0 Å². The van der Waals surface area contributed by atoms with Crippen LogP contribution in [0.15, 0.2) is 34.0 Å². The molecule has 33 heavy (non-hydrogen) atoms. The van der Waals surface area contributed by atoms with Crippen LogP contribution in [0.4, 0.5) is 5.82 Å². The molecular formula is C22H19ClN4O4S2. The van der Waals surface area contributed by atoms with Crippen LogP contribution in [0.25, 0.3) is 6.08 Å². The first-order valence-electron chi connectivity index (χ1n) is 9.81. The number of nitriles is 1. The monoisotopic (exact) mass is 502 g/mol. The summed E-state index contributed by atoms with van der Waals surface area (Å²) in [7, 11) is 0. The minimum Gasteiger partial charge on any atom is -0.480 e. The van der Waals surface area contributed by atoms with Gasteiger partial charge >= 0.3 is 5.97 Å². The Morgan fingerprint density at radius 3 is 2.67 bits per heavy atom. The molecule has 1 saturated heterocycles. The molecule has 1 amide bonds. The highest BCUT2D eigenvalue weighted by molar-refractivity contribution is 8.26. The molecule has 170 valence electrons. The summed E-state index contributed by atoms with van der Waals surface area (Å²) in [5.41, 5.74) is 1.19. The number of benzene rings is 1. The zero-order valence-electron chi connectivity index (χ0n) is 17.7. The summed E-state index contributed by atoms with van der Waals surface area (Å²) in [5, 5.41) is 22.4. The fourth-order valence-electron chi connectivity index (χ4n) is 3.38. The maximum atomic E-state index is 12.9. The van der Waals surface area contributed by atoms with Crippen molar-refractivity contribution in [2.45, 2.75) is 26.9 Å². The van der Waals surface area contributed by atoms with Crippen molar-refractivity contribution in [2.75, 3.05) is 11.9 Å². The number of rotatable bonds is 7. The van der Waals surface area contributed by atoms with E-state index in [1.807, 2.05) is 24.3 Å². The second-order valence-corrected chi connectivity index (χ2v) is 9.11. The van der Waals surface area contributed by atoms with Gasteiger partial charge in [-0.3, -0.25) is 23.9 Å². The number of nitrogens with one attached hydrogen (secondary N) is 1. The summed E-state index contributed by atoms with van der Waals surface area (Å²) in [6, 6.07) is 9.20. The topological polar surface area (TPSA) is 115 Å². The number of thioether (sulfide) groups is 1. The fourth-order valence-corrected chi connectivity index (χ4v) is 4.82. The Balaban J connectivity index is 2.14. The maximum absolute atomic E-state index is 12.9. The lowest BCUT2D eigenvalue weighted by Gasteiger charge is -2.19. The largest absolute Gasteiger partial charge is 0.480 e.